The fraction of sp³-hybridized carbons (Fsp3) is 0.368. The molecule has 1 aromatic carbocycles. The smallest absolute Gasteiger partial charge is 0.287 e. The molecule has 3 N–H and O–H groups in total. The number of likely N-dealkylation sites (tertiary alicyclic amines) is 1. The van der Waals surface area contributed by atoms with Crippen molar-refractivity contribution >= 4 is 24.2 Å². The molecule has 1 fully saturated rings. The molecule has 2 aromatic rings. The Morgan fingerprint density at radius 1 is 1.23 bits per heavy atom. The number of nitrogens with one attached hydrogen (secondary N) is 1. The van der Waals surface area contributed by atoms with E-state index < -0.39 is 6.04 Å². The van der Waals surface area contributed by atoms with Gasteiger partial charge in [-0.2, -0.15) is 0 Å². The van der Waals surface area contributed by atoms with Crippen LogP contribution in [0.15, 0.2) is 53.1 Å². The summed E-state index contributed by atoms with van der Waals surface area (Å²) in [5.41, 5.74) is 6.99. The zero-order valence-corrected chi connectivity index (χ0v) is 15.3. The number of furan rings is 1. The number of rotatable bonds is 5. The normalized spacial score (nSPS) is 17.9. The number of nitrogens with two attached hydrogens (primary N) is 1. The van der Waals surface area contributed by atoms with Gasteiger partial charge < -0.3 is 20.4 Å². The maximum absolute atomic E-state index is 13.0. The fourth-order valence-corrected chi connectivity index (χ4v) is 3.12. The number of carbonyl (C=O) groups excluding carboxylic acids is 2. The van der Waals surface area contributed by atoms with E-state index in [1.807, 2.05) is 30.3 Å². The standard InChI is InChI=1S/C19H23N3O3.ClH/c20-15-8-4-10-22(13-15)19(24)16(12-14-6-2-1-3-7-14)21-18(23)17-9-5-11-25-17;/h1-3,5-7,9,11,15-16H,4,8,10,12-13,20H2,(H,21,23);1H. The van der Waals surface area contributed by atoms with Gasteiger partial charge in [0, 0.05) is 25.6 Å². The minimum absolute atomic E-state index is 0. The van der Waals surface area contributed by atoms with Crippen LogP contribution >= 0.6 is 12.4 Å². The zero-order valence-electron chi connectivity index (χ0n) is 14.5. The van der Waals surface area contributed by atoms with Gasteiger partial charge in [0.2, 0.25) is 5.91 Å². The lowest BCUT2D eigenvalue weighted by molar-refractivity contribution is -0.134. The summed E-state index contributed by atoms with van der Waals surface area (Å²) in [6.45, 7) is 1.20. The van der Waals surface area contributed by atoms with Crippen molar-refractivity contribution in [3.63, 3.8) is 0 Å². The summed E-state index contributed by atoms with van der Waals surface area (Å²) in [6.07, 6.45) is 3.67. The van der Waals surface area contributed by atoms with Crippen molar-refractivity contribution in [3.05, 3.63) is 60.1 Å². The molecule has 140 valence electrons. The van der Waals surface area contributed by atoms with Crippen LogP contribution in [0.4, 0.5) is 0 Å². The number of nitrogens with zero attached hydrogens (tertiary/aromatic N) is 1. The number of piperidine rings is 1. The average Bonchev–Trinajstić information content (AvgIpc) is 3.16. The Morgan fingerprint density at radius 3 is 2.65 bits per heavy atom. The van der Waals surface area contributed by atoms with Crippen LogP contribution in [0.25, 0.3) is 0 Å². The van der Waals surface area contributed by atoms with Gasteiger partial charge in [-0.05, 0) is 30.5 Å². The van der Waals surface area contributed by atoms with Crippen molar-refractivity contribution in [1.29, 1.82) is 0 Å². The number of amides is 2. The minimum atomic E-state index is -0.648. The number of carbonyl (C=O) groups is 2. The molecular formula is C19H24ClN3O3. The molecule has 3 rings (SSSR count). The predicted molar refractivity (Wildman–Crippen MR) is 101 cm³/mol. The third-order valence-corrected chi connectivity index (χ3v) is 4.40. The molecule has 0 aliphatic carbocycles. The molecule has 6 nitrogen and oxygen atoms in total. The lowest BCUT2D eigenvalue weighted by Gasteiger charge is -2.33. The summed E-state index contributed by atoms with van der Waals surface area (Å²) in [7, 11) is 0. The van der Waals surface area contributed by atoms with Gasteiger partial charge in [0.1, 0.15) is 6.04 Å². The van der Waals surface area contributed by atoms with E-state index in [9.17, 15) is 9.59 Å². The fourth-order valence-electron chi connectivity index (χ4n) is 3.12. The van der Waals surface area contributed by atoms with Gasteiger partial charge in [0.25, 0.3) is 5.91 Å². The van der Waals surface area contributed by atoms with Gasteiger partial charge in [0.05, 0.1) is 6.26 Å². The summed E-state index contributed by atoms with van der Waals surface area (Å²) in [4.78, 5) is 27.1. The van der Waals surface area contributed by atoms with Gasteiger partial charge in [-0.25, -0.2) is 0 Å². The van der Waals surface area contributed by atoms with Crippen LogP contribution in [0.2, 0.25) is 0 Å². The van der Waals surface area contributed by atoms with Crippen molar-refractivity contribution in [3.8, 4) is 0 Å². The van der Waals surface area contributed by atoms with E-state index in [4.69, 9.17) is 10.2 Å². The topological polar surface area (TPSA) is 88.6 Å². The first-order chi connectivity index (χ1) is 12.1. The van der Waals surface area contributed by atoms with E-state index in [1.54, 1.807) is 17.0 Å². The number of hydrogen-bond donors (Lipinski definition) is 2. The molecule has 2 unspecified atom stereocenters. The summed E-state index contributed by atoms with van der Waals surface area (Å²) in [6, 6.07) is 12.2. The summed E-state index contributed by atoms with van der Waals surface area (Å²) in [5.74, 6) is -0.291. The lowest BCUT2D eigenvalue weighted by atomic mass is 10.0. The van der Waals surface area contributed by atoms with Crippen LogP contribution in [0.3, 0.4) is 0 Å². The molecule has 2 amide bonds. The van der Waals surface area contributed by atoms with Crippen molar-refractivity contribution in [2.75, 3.05) is 13.1 Å². The van der Waals surface area contributed by atoms with Crippen molar-refractivity contribution in [1.82, 2.24) is 10.2 Å². The van der Waals surface area contributed by atoms with Gasteiger partial charge in [-0.3, -0.25) is 9.59 Å². The Balaban J connectivity index is 0.00000243. The van der Waals surface area contributed by atoms with Crippen molar-refractivity contribution < 1.29 is 14.0 Å². The van der Waals surface area contributed by atoms with E-state index in [0.717, 1.165) is 18.4 Å². The van der Waals surface area contributed by atoms with E-state index in [1.165, 1.54) is 6.26 Å². The molecule has 1 aliphatic rings. The van der Waals surface area contributed by atoms with E-state index in [2.05, 4.69) is 5.32 Å². The lowest BCUT2D eigenvalue weighted by Crippen LogP contribution is -2.54. The molecule has 2 heterocycles. The summed E-state index contributed by atoms with van der Waals surface area (Å²) < 4.78 is 5.13. The molecule has 0 spiro atoms. The molecular weight excluding hydrogens is 354 g/mol. The molecule has 2 atom stereocenters. The molecule has 1 aromatic heterocycles. The van der Waals surface area contributed by atoms with Gasteiger partial charge in [0.15, 0.2) is 5.76 Å². The van der Waals surface area contributed by atoms with E-state index >= 15 is 0 Å². The Kier molecular flexibility index (Phi) is 7.24. The first-order valence-electron chi connectivity index (χ1n) is 8.56. The highest BCUT2D eigenvalue weighted by Gasteiger charge is 2.29. The van der Waals surface area contributed by atoms with Crippen LogP contribution in [-0.4, -0.2) is 41.9 Å². The molecule has 1 aliphatic heterocycles. The highest BCUT2D eigenvalue weighted by atomic mass is 35.5. The Morgan fingerprint density at radius 2 is 2.00 bits per heavy atom. The number of hydrogen-bond acceptors (Lipinski definition) is 4. The molecule has 0 saturated carbocycles. The third kappa shape index (κ3) is 5.09. The predicted octanol–water partition coefficient (Wildman–Crippen LogP) is 1.99. The molecule has 7 heteroatoms. The Bertz CT molecular complexity index is 706. The molecule has 26 heavy (non-hydrogen) atoms. The number of benzene rings is 1. The van der Waals surface area contributed by atoms with Crippen LogP contribution in [0.5, 0.6) is 0 Å². The Hall–Kier alpha value is -2.31. The van der Waals surface area contributed by atoms with Crippen LogP contribution in [-0.2, 0) is 11.2 Å². The Labute approximate surface area is 159 Å². The number of halogens is 1. The van der Waals surface area contributed by atoms with Gasteiger partial charge in [-0.15, -0.1) is 12.4 Å². The average molecular weight is 378 g/mol. The molecule has 0 bridgehead atoms. The maximum Gasteiger partial charge on any atom is 0.287 e. The van der Waals surface area contributed by atoms with Gasteiger partial charge in [-0.1, -0.05) is 30.3 Å². The first-order valence-corrected chi connectivity index (χ1v) is 8.56. The monoisotopic (exact) mass is 377 g/mol. The largest absolute Gasteiger partial charge is 0.459 e. The second-order valence-corrected chi connectivity index (χ2v) is 6.38. The SMILES string of the molecule is Cl.NC1CCCN(C(=O)C(Cc2ccccc2)NC(=O)c2ccco2)C1. The summed E-state index contributed by atoms with van der Waals surface area (Å²) in [5, 5.41) is 2.82. The summed E-state index contributed by atoms with van der Waals surface area (Å²) >= 11 is 0. The zero-order chi connectivity index (χ0) is 17.6. The van der Waals surface area contributed by atoms with Crippen LogP contribution < -0.4 is 11.1 Å². The second kappa shape index (κ2) is 9.40. The third-order valence-electron chi connectivity index (χ3n) is 4.40. The molecule has 1 saturated heterocycles. The van der Waals surface area contributed by atoms with Crippen LogP contribution in [0.1, 0.15) is 29.0 Å². The van der Waals surface area contributed by atoms with Crippen molar-refractivity contribution in [2.45, 2.75) is 31.3 Å². The van der Waals surface area contributed by atoms with E-state index in [-0.39, 0.29) is 36.0 Å². The molecule has 0 radical (unpaired) electrons. The van der Waals surface area contributed by atoms with Crippen LogP contribution in [0, 0.1) is 0 Å². The highest BCUT2D eigenvalue weighted by Crippen LogP contribution is 2.13. The first kappa shape index (κ1) is 20.0. The van der Waals surface area contributed by atoms with E-state index in [0.29, 0.717) is 19.5 Å². The quantitative estimate of drug-likeness (QED) is 0.834. The van der Waals surface area contributed by atoms with Gasteiger partial charge >= 0.3 is 0 Å². The van der Waals surface area contributed by atoms with Crippen molar-refractivity contribution in [2.24, 2.45) is 5.73 Å². The maximum atomic E-state index is 13.0. The minimum Gasteiger partial charge on any atom is -0.459 e. The highest BCUT2D eigenvalue weighted by molar-refractivity contribution is 5.95. The second-order valence-electron chi connectivity index (χ2n) is 6.38.